The van der Waals surface area contributed by atoms with E-state index in [1.165, 1.54) is 0 Å². The van der Waals surface area contributed by atoms with Crippen molar-refractivity contribution in [3.8, 4) is 0 Å². The SMILES string of the molecule is C[C@@H]1CN(C(=O)COC(=O)c2ccc3ccccc3c2)C[C@@H](C)O1. The maximum atomic E-state index is 12.2. The Bertz CT molecular complexity index is 748. The topological polar surface area (TPSA) is 55.8 Å². The predicted octanol–water partition coefficient (Wildman–Crippen LogP) is 2.63. The Hall–Kier alpha value is -2.40. The molecule has 5 nitrogen and oxygen atoms in total. The van der Waals surface area contributed by atoms with Crippen LogP contribution < -0.4 is 0 Å². The van der Waals surface area contributed by atoms with Crippen LogP contribution >= 0.6 is 0 Å². The first-order chi connectivity index (χ1) is 11.5. The van der Waals surface area contributed by atoms with E-state index in [0.29, 0.717) is 18.7 Å². The number of morpholine rings is 1. The highest BCUT2D eigenvalue weighted by atomic mass is 16.5. The molecular formula is C19H21NO4. The number of nitrogens with zero attached hydrogens (tertiary/aromatic N) is 1. The van der Waals surface area contributed by atoms with Crippen molar-refractivity contribution in [3.05, 3.63) is 48.0 Å². The van der Waals surface area contributed by atoms with Gasteiger partial charge in [-0.05, 0) is 36.8 Å². The first-order valence-corrected chi connectivity index (χ1v) is 8.12. The van der Waals surface area contributed by atoms with Crippen LogP contribution in [0.4, 0.5) is 0 Å². The van der Waals surface area contributed by atoms with Gasteiger partial charge < -0.3 is 14.4 Å². The van der Waals surface area contributed by atoms with Gasteiger partial charge in [-0.25, -0.2) is 4.79 Å². The molecule has 24 heavy (non-hydrogen) atoms. The highest BCUT2D eigenvalue weighted by Crippen LogP contribution is 2.16. The number of carbonyl (C=O) groups excluding carboxylic acids is 2. The first kappa shape index (κ1) is 16.5. The third kappa shape index (κ3) is 3.74. The van der Waals surface area contributed by atoms with Gasteiger partial charge in [0, 0.05) is 13.1 Å². The van der Waals surface area contributed by atoms with Crippen molar-refractivity contribution < 1.29 is 19.1 Å². The number of hydrogen-bond acceptors (Lipinski definition) is 4. The fraction of sp³-hybridized carbons (Fsp3) is 0.368. The second-order valence-electron chi connectivity index (χ2n) is 6.19. The van der Waals surface area contributed by atoms with Crippen LogP contribution in [0.25, 0.3) is 10.8 Å². The van der Waals surface area contributed by atoms with E-state index in [2.05, 4.69) is 0 Å². The lowest BCUT2D eigenvalue weighted by atomic mass is 10.1. The van der Waals surface area contributed by atoms with Crippen molar-refractivity contribution in [1.82, 2.24) is 4.90 Å². The number of carbonyl (C=O) groups is 2. The summed E-state index contributed by atoms with van der Waals surface area (Å²) in [5, 5.41) is 2.02. The molecule has 0 aromatic heterocycles. The molecule has 0 saturated carbocycles. The van der Waals surface area contributed by atoms with Crippen molar-refractivity contribution in [2.75, 3.05) is 19.7 Å². The molecule has 0 unspecified atom stereocenters. The lowest BCUT2D eigenvalue weighted by Gasteiger charge is -2.35. The van der Waals surface area contributed by atoms with E-state index in [0.717, 1.165) is 10.8 Å². The second kappa shape index (κ2) is 7.01. The Kier molecular flexibility index (Phi) is 4.81. The van der Waals surface area contributed by atoms with Crippen LogP contribution in [-0.2, 0) is 14.3 Å². The zero-order valence-electron chi connectivity index (χ0n) is 13.9. The minimum Gasteiger partial charge on any atom is -0.452 e. The van der Waals surface area contributed by atoms with E-state index >= 15 is 0 Å². The van der Waals surface area contributed by atoms with Gasteiger partial charge in [-0.15, -0.1) is 0 Å². The Balaban J connectivity index is 1.60. The summed E-state index contributed by atoms with van der Waals surface area (Å²) in [5.41, 5.74) is 0.449. The fourth-order valence-electron chi connectivity index (χ4n) is 3.00. The zero-order valence-corrected chi connectivity index (χ0v) is 13.9. The highest BCUT2D eigenvalue weighted by Gasteiger charge is 2.26. The molecule has 0 spiro atoms. The van der Waals surface area contributed by atoms with Crippen molar-refractivity contribution in [2.24, 2.45) is 0 Å². The standard InChI is InChI=1S/C19H21NO4/c1-13-10-20(11-14(2)24-13)18(21)12-23-19(22)17-8-7-15-5-3-4-6-16(15)9-17/h3-9,13-14H,10-12H2,1-2H3/t13-,14-/m1/s1. The molecule has 3 rings (SSSR count). The average molecular weight is 327 g/mol. The summed E-state index contributed by atoms with van der Waals surface area (Å²) < 4.78 is 10.8. The van der Waals surface area contributed by atoms with Gasteiger partial charge in [0.2, 0.25) is 0 Å². The maximum Gasteiger partial charge on any atom is 0.338 e. The third-order valence-electron chi connectivity index (χ3n) is 4.08. The summed E-state index contributed by atoms with van der Waals surface area (Å²) in [6.45, 7) is 4.66. The number of benzene rings is 2. The van der Waals surface area contributed by atoms with Crippen LogP contribution in [0, 0.1) is 0 Å². The molecule has 2 atom stereocenters. The zero-order chi connectivity index (χ0) is 17.1. The molecule has 1 heterocycles. The predicted molar refractivity (Wildman–Crippen MR) is 90.8 cm³/mol. The van der Waals surface area contributed by atoms with Crippen LogP contribution in [0.3, 0.4) is 0 Å². The van der Waals surface area contributed by atoms with Gasteiger partial charge in [0.15, 0.2) is 6.61 Å². The third-order valence-corrected chi connectivity index (χ3v) is 4.08. The van der Waals surface area contributed by atoms with Gasteiger partial charge in [0.05, 0.1) is 17.8 Å². The lowest BCUT2D eigenvalue weighted by molar-refractivity contribution is -0.146. The Morgan fingerprint density at radius 2 is 1.75 bits per heavy atom. The normalized spacial score (nSPS) is 20.8. The monoisotopic (exact) mass is 327 g/mol. The van der Waals surface area contributed by atoms with Crippen LogP contribution in [0.5, 0.6) is 0 Å². The molecule has 1 amide bonds. The first-order valence-electron chi connectivity index (χ1n) is 8.12. The highest BCUT2D eigenvalue weighted by molar-refractivity contribution is 5.96. The molecule has 0 N–H and O–H groups in total. The van der Waals surface area contributed by atoms with E-state index in [-0.39, 0.29) is 24.7 Å². The van der Waals surface area contributed by atoms with E-state index in [1.54, 1.807) is 17.0 Å². The molecule has 1 aliphatic rings. The molecule has 1 saturated heterocycles. The second-order valence-corrected chi connectivity index (χ2v) is 6.19. The molecule has 126 valence electrons. The number of fused-ring (bicyclic) bond motifs is 1. The summed E-state index contributed by atoms with van der Waals surface area (Å²) in [4.78, 5) is 26.1. The van der Waals surface area contributed by atoms with Gasteiger partial charge in [-0.1, -0.05) is 30.3 Å². The largest absolute Gasteiger partial charge is 0.452 e. The summed E-state index contributed by atoms with van der Waals surface area (Å²) in [6, 6.07) is 13.2. The number of ether oxygens (including phenoxy) is 2. The van der Waals surface area contributed by atoms with Crippen molar-refractivity contribution in [2.45, 2.75) is 26.1 Å². The van der Waals surface area contributed by atoms with Gasteiger partial charge >= 0.3 is 5.97 Å². The van der Waals surface area contributed by atoms with Gasteiger partial charge in [-0.2, -0.15) is 0 Å². The minimum atomic E-state index is -0.483. The molecule has 0 aliphatic carbocycles. The van der Waals surface area contributed by atoms with E-state index < -0.39 is 5.97 Å². The summed E-state index contributed by atoms with van der Waals surface area (Å²) in [6.07, 6.45) is -0.0113. The number of esters is 1. The number of amides is 1. The van der Waals surface area contributed by atoms with Crippen molar-refractivity contribution in [1.29, 1.82) is 0 Å². The molecule has 1 fully saturated rings. The maximum absolute atomic E-state index is 12.2. The van der Waals surface area contributed by atoms with Crippen LogP contribution in [-0.4, -0.2) is 48.7 Å². The molecule has 0 bridgehead atoms. The summed E-state index contributed by atoms with van der Waals surface area (Å²) in [7, 11) is 0. The molecule has 1 aliphatic heterocycles. The summed E-state index contributed by atoms with van der Waals surface area (Å²) in [5.74, 6) is -0.672. The van der Waals surface area contributed by atoms with E-state index in [1.807, 2.05) is 44.2 Å². The molecule has 2 aromatic carbocycles. The average Bonchev–Trinajstić information content (AvgIpc) is 2.58. The van der Waals surface area contributed by atoms with Gasteiger partial charge in [0.1, 0.15) is 0 Å². The van der Waals surface area contributed by atoms with Crippen molar-refractivity contribution >= 4 is 22.6 Å². The van der Waals surface area contributed by atoms with Crippen LogP contribution in [0.2, 0.25) is 0 Å². The number of hydrogen-bond donors (Lipinski definition) is 0. The fourth-order valence-corrected chi connectivity index (χ4v) is 3.00. The lowest BCUT2D eigenvalue weighted by Crippen LogP contribution is -2.49. The molecule has 2 aromatic rings. The smallest absolute Gasteiger partial charge is 0.338 e. The molecular weight excluding hydrogens is 306 g/mol. The molecule has 5 heteroatoms. The van der Waals surface area contributed by atoms with E-state index in [9.17, 15) is 9.59 Å². The quantitative estimate of drug-likeness (QED) is 0.813. The Labute approximate surface area is 141 Å². The summed E-state index contributed by atoms with van der Waals surface area (Å²) >= 11 is 0. The van der Waals surface area contributed by atoms with Crippen LogP contribution in [0.15, 0.2) is 42.5 Å². The van der Waals surface area contributed by atoms with E-state index in [4.69, 9.17) is 9.47 Å². The van der Waals surface area contributed by atoms with Crippen molar-refractivity contribution in [3.63, 3.8) is 0 Å². The Morgan fingerprint density at radius 1 is 1.08 bits per heavy atom. The minimum absolute atomic E-state index is 0.00566. The van der Waals surface area contributed by atoms with Gasteiger partial charge in [0.25, 0.3) is 5.91 Å². The Morgan fingerprint density at radius 3 is 2.46 bits per heavy atom. The van der Waals surface area contributed by atoms with Gasteiger partial charge in [-0.3, -0.25) is 4.79 Å². The van der Waals surface area contributed by atoms with Crippen LogP contribution in [0.1, 0.15) is 24.2 Å². The number of rotatable bonds is 3. The molecule has 0 radical (unpaired) electrons.